The number of nitriles is 2. The average molecular weight is 455 g/mol. The molecule has 0 unspecified atom stereocenters. The Balaban J connectivity index is 1.61. The minimum Gasteiger partial charge on any atom is -0.475 e. The fraction of sp³-hybridized carbons (Fsp3) is 0.478. The molecule has 32 heavy (non-hydrogen) atoms. The molecule has 2 fully saturated rings. The Bertz CT molecular complexity index is 1140. The summed E-state index contributed by atoms with van der Waals surface area (Å²) < 4.78 is 37.2. The van der Waals surface area contributed by atoms with Crippen LogP contribution in [0.25, 0.3) is 11.1 Å². The lowest BCUT2D eigenvalue weighted by Gasteiger charge is -2.25. The zero-order valence-electron chi connectivity index (χ0n) is 20.6. The monoisotopic (exact) mass is 454 g/mol. The molecule has 4 rings (SSSR count). The molecule has 3 heterocycles. The van der Waals surface area contributed by atoms with Gasteiger partial charge < -0.3 is 19.5 Å². The lowest BCUT2D eigenvalue weighted by Crippen LogP contribution is -2.29. The van der Waals surface area contributed by atoms with E-state index >= 15 is 0 Å². The van der Waals surface area contributed by atoms with Gasteiger partial charge in [0.15, 0.2) is 0 Å². The van der Waals surface area contributed by atoms with Gasteiger partial charge in [-0.25, -0.2) is 9.97 Å². The van der Waals surface area contributed by atoms with Crippen LogP contribution in [0.4, 0.5) is 5.82 Å². The second-order valence-corrected chi connectivity index (χ2v) is 8.88. The van der Waals surface area contributed by atoms with Crippen molar-refractivity contribution < 1.29 is 18.3 Å². The summed E-state index contributed by atoms with van der Waals surface area (Å²) in [5.41, 5.74) is 1.72. The fourth-order valence-electron chi connectivity index (χ4n) is 3.12. The van der Waals surface area contributed by atoms with Crippen molar-refractivity contribution in [3.63, 3.8) is 0 Å². The maximum absolute atomic E-state index is 10.0. The molecule has 2 aliphatic rings. The predicted molar refractivity (Wildman–Crippen MR) is 121 cm³/mol. The number of nitrogens with zero attached hydrogens (tertiary/aromatic N) is 4. The smallest absolute Gasteiger partial charge is 0.213 e. The summed E-state index contributed by atoms with van der Waals surface area (Å²) in [7, 11) is -2.50. The van der Waals surface area contributed by atoms with Gasteiger partial charge in [0.1, 0.15) is 35.2 Å². The van der Waals surface area contributed by atoms with Crippen LogP contribution in [0, 0.1) is 28.6 Å². The molecule has 0 aromatic carbocycles. The van der Waals surface area contributed by atoms with Gasteiger partial charge in [-0.3, -0.25) is 0 Å². The zero-order valence-corrected chi connectivity index (χ0v) is 18.4. The number of thioether (sulfide) groups is 1. The maximum Gasteiger partial charge on any atom is 0.213 e. The first kappa shape index (κ1) is 18.7. The highest BCUT2D eigenvalue weighted by Crippen LogP contribution is 2.39. The Kier molecular flexibility index (Phi) is 5.95. The van der Waals surface area contributed by atoms with E-state index in [1.165, 1.54) is 18.0 Å². The molecule has 1 atom stereocenters. The molecule has 2 aromatic rings. The molecule has 9 heteroatoms. The summed E-state index contributed by atoms with van der Waals surface area (Å²) in [6.07, 6.45) is 2.91. The van der Waals surface area contributed by atoms with Crippen molar-refractivity contribution in [2.45, 2.75) is 36.9 Å². The van der Waals surface area contributed by atoms with Crippen LogP contribution in [0.15, 0.2) is 23.4 Å². The molecule has 1 aliphatic heterocycles. The summed E-state index contributed by atoms with van der Waals surface area (Å²) in [5, 5.41) is 23.9. The lowest BCUT2D eigenvalue weighted by molar-refractivity contribution is -0.0196. The van der Waals surface area contributed by atoms with Crippen LogP contribution in [-0.4, -0.2) is 54.7 Å². The number of nitrogens with one attached hydrogen (secondary N) is 1. The van der Waals surface area contributed by atoms with Crippen molar-refractivity contribution in [2.75, 3.05) is 37.9 Å². The first-order chi connectivity index (χ1) is 16.8. The Morgan fingerprint density at radius 3 is 2.72 bits per heavy atom. The third kappa shape index (κ3) is 5.13. The quantitative estimate of drug-likeness (QED) is 0.538. The van der Waals surface area contributed by atoms with E-state index in [1.54, 1.807) is 19.1 Å². The topological polar surface area (TPSA) is 113 Å². The van der Waals surface area contributed by atoms with Gasteiger partial charge in [0.25, 0.3) is 0 Å². The third-order valence-electron chi connectivity index (χ3n) is 5.16. The van der Waals surface area contributed by atoms with Gasteiger partial charge in [-0.15, -0.1) is 11.8 Å². The normalized spacial score (nSPS) is 18.3. The average Bonchev–Trinajstić information content (AvgIpc) is 3.59. The van der Waals surface area contributed by atoms with Crippen LogP contribution in [0.2, 0.25) is 0 Å². The van der Waals surface area contributed by atoms with Gasteiger partial charge in [0.05, 0.1) is 29.0 Å². The third-order valence-corrected chi connectivity index (χ3v) is 6.37. The second kappa shape index (κ2) is 10.2. The summed E-state index contributed by atoms with van der Waals surface area (Å²) >= 11 is 1.50. The molecule has 0 amide bonds. The molecule has 1 N–H and O–H groups in total. The van der Waals surface area contributed by atoms with E-state index < -0.39 is 13.1 Å². The molecular weight excluding hydrogens is 426 g/mol. The van der Waals surface area contributed by atoms with E-state index in [4.69, 9.17) is 18.3 Å². The van der Waals surface area contributed by atoms with Gasteiger partial charge in [0.2, 0.25) is 5.88 Å². The second-order valence-electron chi connectivity index (χ2n) is 7.87. The van der Waals surface area contributed by atoms with Crippen LogP contribution < -0.4 is 10.1 Å². The molecule has 1 aliphatic carbocycles. The molecule has 0 bridgehead atoms. The number of anilines is 1. The SMILES string of the molecule is [2H]C([2H])([2H])O[C@H](C)COc1ccc(-c2c(C#N)c(NC3CC3)nc(SCC3COC3)c2C#N)cn1. The van der Waals surface area contributed by atoms with E-state index in [0.29, 0.717) is 52.2 Å². The predicted octanol–water partition coefficient (Wildman–Crippen LogP) is 3.61. The molecule has 1 saturated carbocycles. The molecular formula is C23H25N5O3S. The minimum absolute atomic E-state index is 0.00795. The van der Waals surface area contributed by atoms with Gasteiger partial charge in [-0.05, 0) is 25.8 Å². The van der Waals surface area contributed by atoms with Crippen molar-refractivity contribution in [3.8, 4) is 29.1 Å². The maximum atomic E-state index is 10.0. The van der Waals surface area contributed by atoms with Crippen molar-refractivity contribution in [3.05, 3.63) is 29.5 Å². The van der Waals surface area contributed by atoms with Crippen molar-refractivity contribution in [2.24, 2.45) is 5.92 Å². The first-order valence-electron chi connectivity index (χ1n) is 11.9. The fourth-order valence-corrected chi connectivity index (χ4v) is 4.16. The van der Waals surface area contributed by atoms with Gasteiger partial charge >= 0.3 is 0 Å². The van der Waals surface area contributed by atoms with Crippen molar-refractivity contribution >= 4 is 17.6 Å². The Labute approximate surface area is 196 Å². The van der Waals surface area contributed by atoms with Crippen LogP contribution in [0.5, 0.6) is 5.88 Å². The molecule has 166 valence electrons. The van der Waals surface area contributed by atoms with Crippen LogP contribution in [0.1, 0.15) is 35.0 Å². The Hall–Kier alpha value is -2.85. The molecule has 0 radical (unpaired) electrons. The molecule has 1 saturated heterocycles. The number of pyridine rings is 2. The highest BCUT2D eigenvalue weighted by molar-refractivity contribution is 7.99. The molecule has 2 aromatic heterocycles. The molecule has 0 spiro atoms. The zero-order chi connectivity index (χ0) is 25.0. The number of ether oxygens (including phenoxy) is 3. The van der Waals surface area contributed by atoms with E-state index in [0.717, 1.165) is 18.6 Å². The van der Waals surface area contributed by atoms with E-state index in [9.17, 15) is 10.5 Å². The number of methoxy groups -OCH3 is 1. The summed E-state index contributed by atoms with van der Waals surface area (Å²) in [4.78, 5) is 8.97. The van der Waals surface area contributed by atoms with Gasteiger partial charge in [0, 0.05) is 48.1 Å². The lowest BCUT2D eigenvalue weighted by atomic mass is 9.98. The van der Waals surface area contributed by atoms with Crippen LogP contribution in [0.3, 0.4) is 0 Å². The van der Waals surface area contributed by atoms with Gasteiger partial charge in [-0.1, -0.05) is 0 Å². The highest BCUT2D eigenvalue weighted by atomic mass is 32.2. The number of hydrogen-bond donors (Lipinski definition) is 1. The van der Waals surface area contributed by atoms with E-state index in [2.05, 4.69) is 27.4 Å². The standard InChI is InChI=1S/C23H25N5O3S/c1-14(29-2)10-31-20-6-3-16(9-26-20)21-18(7-24)22(27-17-4-5-17)28-23(19(21)8-25)32-13-15-11-30-12-15/h3,6,9,14-15,17H,4-5,10-13H2,1-2H3,(H,27,28)/t14-/m1/s1/i2D3. The summed E-state index contributed by atoms with van der Waals surface area (Å²) in [5.74, 6) is 1.95. The van der Waals surface area contributed by atoms with Crippen molar-refractivity contribution in [1.29, 1.82) is 10.5 Å². The van der Waals surface area contributed by atoms with Crippen LogP contribution >= 0.6 is 11.8 Å². The first-order valence-corrected chi connectivity index (χ1v) is 11.4. The largest absolute Gasteiger partial charge is 0.475 e. The van der Waals surface area contributed by atoms with Crippen molar-refractivity contribution in [1.82, 2.24) is 9.97 Å². The van der Waals surface area contributed by atoms with Gasteiger partial charge in [-0.2, -0.15) is 10.5 Å². The highest BCUT2D eigenvalue weighted by Gasteiger charge is 2.28. The Morgan fingerprint density at radius 1 is 1.31 bits per heavy atom. The summed E-state index contributed by atoms with van der Waals surface area (Å²) in [6.45, 7) is 3.01. The minimum atomic E-state index is -2.50. The number of aromatic nitrogens is 2. The Morgan fingerprint density at radius 2 is 2.12 bits per heavy atom. The number of rotatable bonds is 10. The van der Waals surface area contributed by atoms with Crippen LogP contribution in [-0.2, 0) is 9.47 Å². The van der Waals surface area contributed by atoms with E-state index in [-0.39, 0.29) is 18.5 Å². The number of hydrogen-bond acceptors (Lipinski definition) is 9. The summed E-state index contributed by atoms with van der Waals surface area (Å²) in [6, 6.07) is 8.10. The molecule has 8 nitrogen and oxygen atoms in total. The van der Waals surface area contributed by atoms with E-state index in [1.807, 2.05) is 0 Å².